The average molecular weight is 237 g/mol. The van der Waals surface area contributed by atoms with Gasteiger partial charge in [0.05, 0.1) is 0 Å². The van der Waals surface area contributed by atoms with Crippen LogP contribution < -0.4 is 5.32 Å². The number of hydrogen-bond donors (Lipinski definition) is 1. The van der Waals surface area contributed by atoms with Gasteiger partial charge in [0, 0.05) is 31.0 Å². The van der Waals surface area contributed by atoms with Crippen LogP contribution in [0.5, 0.6) is 0 Å². The molecule has 90 valence electrons. The summed E-state index contributed by atoms with van der Waals surface area (Å²) < 4.78 is 27.9. The van der Waals surface area contributed by atoms with Gasteiger partial charge in [-0.1, -0.05) is 0 Å². The van der Waals surface area contributed by atoms with Gasteiger partial charge in [-0.3, -0.25) is 0 Å². The third-order valence-corrected chi connectivity index (χ3v) is 2.50. The van der Waals surface area contributed by atoms with Gasteiger partial charge in [-0.2, -0.15) is 0 Å². The molecule has 0 radical (unpaired) electrons. The Balaban J connectivity index is 2.32. The summed E-state index contributed by atoms with van der Waals surface area (Å²) in [5, 5.41) is 3.02. The van der Waals surface area contributed by atoms with Gasteiger partial charge in [-0.05, 0) is 25.2 Å². The second-order valence-corrected chi connectivity index (χ2v) is 3.68. The van der Waals surface area contributed by atoms with Crippen molar-refractivity contribution >= 4 is 0 Å². The number of likely N-dealkylation sites (N-methyl/N-ethyl adjacent to an activating group) is 1. The second kappa shape index (κ2) is 5.05. The van der Waals surface area contributed by atoms with E-state index < -0.39 is 11.6 Å². The van der Waals surface area contributed by atoms with Gasteiger partial charge in [0.1, 0.15) is 5.82 Å². The molecule has 0 saturated heterocycles. The van der Waals surface area contributed by atoms with Crippen LogP contribution in [0.1, 0.15) is 0 Å². The summed E-state index contributed by atoms with van der Waals surface area (Å²) in [6.07, 6.45) is 3.46. The summed E-state index contributed by atoms with van der Waals surface area (Å²) in [5.74, 6) is -1.06. The van der Waals surface area contributed by atoms with Crippen molar-refractivity contribution in [2.45, 2.75) is 6.54 Å². The molecule has 0 bridgehead atoms. The standard InChI is InChI=1S/C12H13F2N3/c1-15-4-6-17-7-5-16-12(17)9-2-3-10(13)11(14)8-9/h2-3,5,7-8,15H,4,6H2,1H3. The predicted octanol–water partition coefficient (Wildman–Crippen LogP) is 2.05. The first-order valence-corrected chi connectivity index (χ1v) is 5.33. The van der Waals surface area contributed by atoms with Crippen molar-refractivity contribution in [1.82, 2.24) is 14.9 Å². The van der Waals surface area contributed by atoms with Crippen LogP contribution in [0, 0.1) is 11.6 Å². The number of nitrogens with zero attached hydrogens (tertiary/aromatic N) is 2. The minimum atomic E-state index is -0.856. The number of aromatic nitrogens is 2. The van der Waals surface area contributed by atoms with Gasteiger partial charge >= 0.3 is 0 Å². The zero-order valence-electron chi connectivity index (χ0n) is 9.45. The molecule has 1 aromatic heterocycles. The Kier molecular flexibility index (Phi) is 3.49. The van der Waals surface area contributed by atoms with Crippen LogP contribution in [-0.2, 0) is 6.54 Å². The van der Waals surface area contributed by atoms with E-state index in [2.05, 4.69) is 10.3 Å². The lowest BCUT2D eigenvalue weighted by Crippen LogP contribution is -2.15. The Labute approximate surface area is 98.1 Å². The zero-order valence-corrected chi connectivity index (χ0v) is 9.45. The topological polar surface area (TPSA) is 29.9 Å². The maximum atomic E-state index is 13.1. The molecule has 1 heterocycles. The lowest BCUT2D eigenvalue weighted by Gasteiger charge is -2.07. The minimum absolute atomic E-state index is 0.574. The molecule has 0 atom stereocenters. The van der Waals surface area contributed by atoms with Crippen LogP contribution in [0.3, 0.4) is 0 Å². The monoisotopic (exact) mass is 237 g/mol. The maximum Gasteiger partial charge on any atom is 0.159 e. The minimum Gasteiger partial charge on any atom is -0.330 e. The van der Waals surface area contributed by atoms with E-state index in [1.165, 1.54) is 6.07 Å². The summed E-state index contributed by atoms with van der Waals surface area (Å²) in [6.45, 7) is 1.51. The van der Waals surface area contributed by atoms with Gasteiger partial charge in [-0.25, -0.2) is 13.8 Å². The van der Waals surface area contributed by atoms with Gasteiger partial charge in [0.15, 0.2) is 11.6 Å². The molecule has 3 nitrogen and oxygen atoms in total. The van der Waals surface area contributed by atoms with Gasteiger partial charge in [0.25, 0.3) is 0 Å². The summed E-state index contributed by atoms with van der Waals surface area (Å²) in [6, 6.07) is 3.80. The highest BCUT2D eigenvalue weighted by Gasteiger charge is 2.09. The van der Waals surface area contributed by atoms with Crippen molar-refractivity contribution in [3.63, 3.8) is 0 Å². The van der Waals surface area contributed by atoms with E-state index in [1.807, 2.05) is 17.8 Å². The van der Waals surface area contributed by atoms with Crippen molar-refractivity contribution in [2.24, 2.45) is 0 Å². The molecule has 0 aliphatic rings. The summed E-state index contributed by atoms with van der Waals surface area (Å²) in [4.78, 5) is 4.16. The number of hydrogen-bond acceptors (Lipinski definition) is 2. The largest absolute Gasteiger partial charge is 0.330 e. The lowest BCUT2D eigenvalue weighted by atomic mass is 10.2. The average Bonchev–Trinajstić information content (AvgIpc) is 2.78. The molecule has 1 aromatic carbocycles. The van der Waals surface area contributed by atoms with Gasteiger partial charge < -0.3 is 9.88 Å². The van der Waals surface area contributed by atoms with E-state index >= 15 is 0 Å². The first-order chi connectivity index (χ1) is 8.22. The Bertz CT molecular complexity index is 508. The van der Waals surface area contributed by atoms with Crippen LogP contribution in [0.15, 0.2) is 30.6 Å². The molecule has 2 rings (SSSR count). The number of imidazole rings is 1. The van der Waals surface area contributed by atoms with E-state index in [0.717, 1.165) is 25.2 Å². The molecule has 5 heteroatoms. The number of halogens is 2. The molecule has 0 aliphatic heterocycles. The van der Waals surface area contributed by atoms with Crippen molar-refractivity contribution in [1.29, 1.82) is 0 Å². The molecule has 0 fully saturated rings. The zero-order chi connectivity index (χ0) is 12.3. The first kappa shape index (κ1) is 11.7. The van der Waals surface area contributed by atoms with E-state index in [9.17, 15) is 8.78 Å². The Hall–Kier alpha value is -1.75. The van der Waals surface area contributed by atoms with Crippen LogP contribution >= 0.6 is 0 Å². The van der Waals surface area contributed by atoms with Crippen LogP contribution in [0.25, 0.3) is 11.4 Å². The Morgan fingerprint density at radius 2 is 2.12 bits per heavy atom. The van der Waals surface area contributed by atoms with Crippen LogP contribution in [-0.4, -0.2) is 23.1 Å². The first-order valence-electron chi connectivity index (χ1n) is 5.33. The maximum absolute atomic E-state index is 13.1. The Morgan fingerprint density at radius 1 is 1.29 bits per heavy atom. The SMILES string of the molecule is CNCCn1ccnc1-c1ccc(F)c(F)c1. The molecule has 0 spiro atoms. The molecular weight excluding hydrogens is 224 g/mol. The van der Waals surface area contributed by atoms with Crippen molar-refractivity contribution < 1.29 is 8.78 Å². The van der Waals surface area contributed by atoms with E-state index in [4.69, 9.17) is 0 Å². The molecule has 2 aromatic rings. The highest BCUT2D eigenvalue weighted by Crippen LogP contribution is 2.19. The highest BCUT2D eigenvalue weighted by atomic mass is 19.2. The number of benzene rings is 1. The smallest absolute Gasteiger partial charge is 0.159 e. The molecule has 0 unspecified atom stereocenters. The third-order valence-electron chi connectivity index (χ3n) is 2.50. The molecule has 1 N–H and O–H groups in total. The van der Waals surface area contributed by atoms with E-state index in [0.29, 0.717) is 11.4 Å². The van der Waals surface area contributed by atoms with Gasteiger partial charge in [-0.15, -0.1) is 0 Å². The molecule has 0 aliphatic carbocycles. The fraction of sp³-hybridized carbons (Fsp3) is 0.250. The predicted molar refractivity (Wildman–Crippen MR) is 61.5 cm³/mol. The summed E-state index contributed by atoms with van der Waals surface area (Å²) in [7, 11) is 1.86. The van der Waals surface area contributed by atoms with E-state index in [1.54, 1.807) is 6.20 Å². The number of nitrogens with one attached hydrogen (secondary N) is 1. The molecule has 0 saturated carbocycles. The van der Waals surface area contributed by atoms with Gasteiger partial charge in [0.2, 0.25) is 0 Å². The van der Waals surface area contributed by atoms with Crippen LogP contribution in [0.2, 0.25) is 0 Å². The van der Waals surface area contributed by atoms with Crippen molar-refractivity contribution in [3.05, 3.63) is 42.2 Å². The Morgan fingerprint density at radius 3 is 2.82 bits per heavy atom. The normalized spacial score (nSPS) is 10.8. The lowest BCUT2D eigenvalue weighted by molar-refractivity contribution is 0.509. The fourth-order valence-electron chi connectivity index (χ4n) is 1.62. The summed E-state index contributed by atoms with van der Waals surface area (Å²) >= 11 is 0. The van der Waals surface area contributed by atoms with Crippen molar-refractivity contribution in [2.75, 3.05) is 13.6 Å². The quantitative estimate of drug-likeness (QED) is 0.882. The molecule has 0 amide bonds. The van der Waals surface area contributed by atoms with Crippen LogP contribution in [0.4, 0.5) is 8.78 Å². The number of rotatable bonds is 4. The molecule has 17 heavy (non-hydrogen) atoms. The molecular formula is C12H13F2N3. The highest BCUT2D eigenvalue weighted by molar-refractivity contribution is 5.55. The van der Waals surface area contributed by atoms with E-state index in [-0.39, 0.29) is 0 Å². The second-order valence-electron chi connectivity index (χ2n) is 3.68. The third kappa shape index (κ3) is 2.50. The van der Waals surface area contributed by atoms with Crippen molar-refractivity contribution in [3.8, 4) is 11.4 Å². The fourth-order valence-corrected chi connectivity index (χ4v) is 1.62. The summed E-state index contributed by atoms with van der Waals surface area (Å²) in [5.41, 5.74) is 0.574.